The van der Waals surface area contributed by atoms with E-state index in [-0.39, 0.29) is 24.0 Å². The predicted molar refractivity (Wildman–Crippen MR) is 180 cm³/mol. The summed E-state index contributed by atoms with van der Waals surface area (Å²) in [7, 11) is -4.62. The van der Waals surface area contributed by atoms with Crippen LogP contribution in [0.1, 0.15) is 62.1 Å². The van der Waals surface area contributed by atoms with Crippen molar-refractivity contribution in [3.63, 3.8) is 0 Å². The van der Waals surface area contributed by atoms with Gasteiger partial charge in [0.1, 0.15) is 18.4 Å². The molecule has 1 N–H and O–H groups in total. The third-order valence-corrected chi connectivity index (χ3v) is 10.5. The zero-order valence-electron chi connectivity index (χ0n) is 27.9. The van der Waals surface area contributed by atoms with E-state index < -0.39 is 15.6 Å². The van der Waals surface area contributed by atoms with E-state index in [2.05, 4.69) is 83.3 Å². The Morgan fingerprint density at radius 2 is 1.80 bits per heavy atom. The number of aromatic nitrogens is 2. The first-order valence-electron chi connectivity index (χ1n) is 16.1. The third kappa shape index (κ3) is 6.59. The highest BCUT2D eigenvalue weighted by Crippen LogP contribution is 2.50. The molecule has 3 aliphatic rings. The number of thiazole rings is 1. The molecule has 2 aromatic carbocycles. The van der Waals surface area contributed by atoms with E-state index in [1.165, 1.54) is 46.5 Å². The van der Waals surface area contributed by atoms with Crippen molar-refractivity contribution in [3.05, 3.63) is 52.4 Å². The Balaban J connectivity index is 0.000000466. The molecule has 0 fully saturated rings. The van der Waals surface area contributed by atoms with Gasteiger partial charge in [-0.1, -0.05) is 41.7 Å². The molecule has 3 aliphatic heterocycles. The smallest absolute Gasteiger partial charge is 0.485 e. The van der Waals surface area contributed by atoms with Gasteiger partial charge >= 0.3 is 16.4 Å². The van der Waals surface area contributed by atoms with Crippen LogP contribution in [0.3, 0.4) is 0 Å². The fourth-order valence-electron chi connectivity index (χ4n) is 7.01. The highest BCUT2D eigenvalue weighted by molar-refractivity contribution is 7.86. The molecule has 0 spiro atoms. The number of imidazole rings is 1. The van der Waals surface area contributed by atoms with Crippen molar-refractivity contribution in [1.29, 1.82) is 0 Å². The second-order valence-corrected chi connectivity index (χ2v) is 16.1. The summed E-state index contributed by atoms with van der Waals surface area (Å²) in [5.41, 5.74) is 2.90. The molecule has 0 bridgehead atoms. The van der Waals surface area contributed by atoms with Gasteiger partial charge in [-0.25, -0.2) is 13.0 Å². The quantitative estimate of drug-likeness (QED) is 0.112. The lowest BCUT2D eigenvalue weighted by Crippen LogP contribution is -2.43. The minimum Gasteiger partial charge on any atom is -0.741 e. The fraction of sp³-hybridized carbons (Fsp3) is 0.471. The molecule has 0 saturated carbocycles. The van der Waals surface area contributed by atoms with E-state index >= 15 is 0 Å². The average Bonchev–Trinajstić information content (AvgIpc) is 3.45. The van der Waals surface area contributed by atoms with Crippen molar-refractivity contribution in [3.8, 4) is 28.3 Å². The summed E-state index contributed by atoms with van der Waals surface area (Å²) in [6, 6.07) is 12.8. The van der Waals surface area contributed by atoms with E-state index in [4.69, 9.17) is 22.4 Å². The van der Waals surface area contributed by atoms with Crippen molar-refractivity contribution in [1.82, 2.24) is 4.40 Å². The highest BCUT2D eigenvalue weighted by atomic mass is 32.2. The fourth-order valence-corrected chi connectivity index (χ4v) is 8.20. The molecule has 0 radical (unpaired) electrons. The Bertz CT molecular complexity index is 2020. The van der Waals surface area contributed by atoms with E-state index in [1.807, 2.05) is 0 Å². The monoisotopic (exact) mass is 720 g/mol. The largest absolute Gasteiger partial charge is 0.741 e. The molecule has 264 valence electrons. The van der Waals surface area contributed by atoms with E-state index in [0.29, 0.717) is 6.61 Å². The molecule has 1 atom stereocenters. The number of aryl methyl sites for hydroxylation is 2. The molecule has 49 heavy (non-hydrogen) atoms. The zero-order chi connectivity index (χ0) is 35.5. The second-order valence-electron chi connectivity index (χ2n) is 13.5. The Hall–Kier alpha value is -3.82. The van der Waals surface area contributed by atoms with Crippen LogP contribution in [-0.2, 0) is 32.5 Å². The zero-order valence-corrected chi connectivity index (χ0v) is 29.6. The standard InChI is InChI=1S/C33H39N4O3S.CHF3O3S/c1-20-27(21-11-7-6-8-12-21)37-31(34-33(2,3)4)29-25-17-22-13-9-15-35-16-10-14-24(28(22)35)30(25)40-19-23(18-26(38)39-5)36(29)32(37)41-20;2-1(3,4)8(5,6)7/h6-8,11-12,17,23,34H,9-10,13-16,18-19H2,1-5H3;(H,5,6,7)/q+1;/p-1. The predicted octanol–water partition coefficient (Wildman–Crippen LogP) is 6.39. The Morgan fingerprint density at radius 1 is 1.14 bits per heavy atom. The van der Waals surface area contributed by atoms with Crippen LogP contribution < -0.4 is 19.5 Å². The van der Waals surface area contributed by atoms with Crippen LogP contribution in [0.25, 0.3) is 27.5 Å². The molecule has 1 unspecified atom stereocenters. The number of ether oxygens (including phenoxy) is 2. The van der Waals surface area contributed by atoms with Gasteiger partial charge < -0.3 is 24.2 Å². The topological polar surface area (TPSA) is 116 Å². The first-order chi connectivity index (χ1) is 23.0. The van der Waals surface area contributed by atoms with Crippen molar-refractivity contribution in [2.75, 3.05) is 37.0 Å². The number of nitrogens with one attached hydrogen (secondary N) is 1. The number of halogens is 3. The average molecular weight is 721 g/mol. The van der Waals surface area contributed by atoms with Crippen LogP contribution in [0.15, 0.2) is 36.4 Å². The lowest BCUT2D eigenvalue weighted by atomic mass is 9.88. The maximum Gasteiger partial charge on any atom is 0.485 e. The van der Waals surface area contributed by atoms with Crippen molar-refractivity contribution in [2.24, 2.45) is 0 Å². The number of nitrogens with zero attached hydrogens (tertiary/aromatic N) is 3. The summed E-state index contributed by atoms with van der Waals surface area (Å²) >= 11 is 1.78. The number of rotatable bonds is 4. The summed E-state index contributed by atoms with van der Waals surface area (Å²) in [4.78, 5) is 17.7. The molecule has 7 rings (SSSR count). The van der Waals surface area contributed by atoms with Crippen LogP contribution >= 0.6 is 11.3 Å². The summed E-state index contributed by atoms with van der Waals surface area (Å²) < 4.78 is 75.7. The number of anilines is 2. The molecule has 15 heteroatoms. The minimum atomic E-state index is -6.09. The van der Waals surface area contributed by atoms with Crippen LogP contribution in [-0.4, -0.2) is 61.2 Å². The van der Waals surface area contributed by atoms with Crippen LogP contribution in [0.2, 0.25) is 0 Å². The second kappa shape index (κ2) is 12.8. The first-order valence-corrected chi connectivity index (χ1v) is 18.3. The van der Waals surface area contributed by atoms with Crippen molar-refractivity contribution < 1.29 is 45.0 Å². The van der Waals surface area contributed by atoms with E-state index in [0.717, 1.165) is 60.1 Å². The summed E-state index contributed by atoms with van der Waals surface area (Å²) in [6.45, 7) is 11.5. The van der Waals surface area contributed by atoms with Crippen LogP contribution in [0.4, 0.5) is 24.7 Å². The third-order valence-electron chi connectivity index (χ3n) is 8.85. The number of hydrogen-bond donors (Lipinski definition) is 1. The number of carbonyl (C=O) groups is 1. The number of benzene rings is 2. The molecule has 0 amide bonds. The Morgan fingerprint density at radius 3 is 2.41 bits per heavy atom. The van der Waals surface area contributed by atoms with Gasteiger partial charge in [0.05, 0.1) is 24.0 Å². The van der Waals surface area contributed by atoms with Gasteiger partial charge in [0.15, 0.2) is 15.8 Å². The molecule has 0 saturated heterocycles. The highest BCUT2D eigenvalue weighted by Gasteiger charge is 2.43. The summed E-state index contributed by atoms with van der Waals surface area (Å²) in [5, 5.41) is 3.92. The van der Waals surface area contributed by atoms with Crippen molar-refractivity contribution in [2.45, 2.75) is 76.9 Å². The lowest BCUT2D eigenvalue weighted by molar-refractivity contribution is -0.684. The maximum absolute atomic E-state index is 12.8. The lowest BCUT2D eigenvalue weighted by Gasteiger charge is -2.38. The molecular formula is C34H39F3N4O6S2. The number of fused-ring (bicyclic) bond motifs is 6. The van der Waals surface area contributed by atoms with Gasteiger partial charge in [-0.15, -0.1) is 0 Å². The minimum absolute atomic E-state index is 0.198. The summed E-state index contributed by atoms with van der Waals surface area (Å²) in [5.74, 6) is 1.81. The van der Waals surface area contributed by atoms with Gasteiger partial charge in [0, 0.05) is 35.4 Å². The number of esters is 1. The van der Waals surface area contributed by atoms with Gasteiger partial charge in [-0.3, -0.25) is 4.79 Å². The van der Waals surface area contributed by atoms with E-state index in [9.17, 15) is 18.0 Å². The van der Waals surface area contributed by atoms with Crippen LogP contribution in [0.5, 0.6) is 5.75 Å². The summed E-state index contributed by atoms with van der Waals surface area (Å²) in [6.07, 6.45) is 4.65. The number of carbonyl (C=O) groups excluding carboxylic acids is 1. The van der Waals surface area contributed by atoms with Gasteiger partial charge in [-0.05, 0) is 65.0 Å². The van der Waals surface area contributed by atoms with Crippen LogP contribution in [0, 0.1) is 6.92 Å². The number of hydrogen-bond acceptors (Lipinski definition) is 9. The normalized spacial score (nSPS) is 17.2. The van der Waals surface area contributed by atoms with Gasteiger partial charge in [0.25, 0.3) is 0 Å². The SMILES string of the molecule is COC(=O)CC1COc2c(cc3c4c2CCCN4CCC3)-c2c(NC(C)(C)C)n3c(-c4ccccc4)c(C)sc3[n+]21.O=S(=O)([O-])C(F)(F)F. The molecule has 4 aromatic rings. The molecule has 0 aliphatic carbocycles. The van der Waals surface area contributed by atoms with Gasteiger partial charge in [-0.2, -0.15) is 17.6 Å². The molecule has 5 heterocycles. The number of methoxy groups -OCH3 is 1. The molecule has 2 aromatic heterocycles. The van der Waals surface area contributed by atoms with E-state index in [1.54, 1.807) is 11.3 Å². The maximum atomic E-state index is 12.8. The first kappa shape index (κ1) is 35.0. The Kier molecular flexibility index (Phi) is 9.16. The van der Waals surface area contributed by atoms with Gasteiger partial charge in [0.2, 0.25) is 11.5 Å². The van der Waals surface area contributed by atoms with Crippen molar-refractivity contribution >= 4 is 43.9 Å². The molecular weight excluding hydrogens is 682 g/mol. The number of alkyl halides is 3. The Labute approximate surface area is 287 Å². The molecule has 10 nitrogen and oxygen atoms in total.